The molecule has 1 aromatic carbocycles. The SMILES string of the molecule is CCOc1ccccc1-c1c(C(=O)OC)c(C)nc(C)c1C(=O)OC. The Morgan fingerprint density at radius 1 is 0.960 bits per heavy atom. The van der Waals surface area contributed by atoms with Gasteiger partial charge in [0.2, 0.25) is 0 Å². The molecule has 0 aliphatic carbocycles. The van der Waals surface area contributed by atoms with Crippen molar-refractivity contribution >= 4 is 11.9 Å². The summed E-state index contributed by atoms with van der Waals surface area (Å²) in [6.45, 7) is 5.71. The summed E-state index contributed by atoms with van der Waals surface area (Å²) >= 11 is 0. The Bertz CT molecular complexity index is 773. The minimum Gasteiger partial charge on any atom is -0.493 e. The minimum atomic E-state index is -0.573. The molecule has 0 aliphatic rings. The lowest BCUT2D eigenvalue weighted by atomic mass is 9.92. The zero-order valence-electron chi connectivity index (χ0n) is 15.0. The van der Waals surface area contributed by atoms with Gasteiger partial charge in [0.15, 0.2) is 0 Å². The van der Waals surface area contributed by atoms with Crippen molar-refractivity contribution in [2.24, 2.45) is 0 Å². The number of para-hydroxylation sites is 1. The summed E-state index contributed by atoms with van der Waals surface area (Å²) in [5.41, 5.74) is 2.41. The molecular weight excluding hydrogens is 322 g/mol. The highest BCUT2D eigenvalue weighted by Gasteiger charge is 2.28. The third kappa shape index (κ3) is 3.47. The number of carbonyl (C=O) groups is 2. The lowest BCUT2D eigenvalue weighted by Gasteiger charge is -2.19. The molecule has 0 unspecified atom stereocenters. The molecule has 0 fully saturated rings. The van der Waals surface area contributed by atoms with Crippen LogP contribution in [0.2, 0.25) is 0 Å². The number of hydrogen-bond donors (Lipinski definition) is 0. The van der Waals surface area contributed by atoms with Crippen LogP contribution in [0.4, 0.5) is 0 Å². The number of ether oxygens (including phenoxy) is 3. The molecule has 132 valence electrons. The number of hydrogen-bond acceptors (Lipinski definition) is 6. The summed E-state index contributed by atoms with van der Waals surface area (Å²) in [7, 11) is 2.58. The molecule has 0 N–H and O–H groups in total. The van der Waals surface area contributed by atoms with Crippen LogP contribution in [0, 0.1) is 13.8 Å². The van der Waals surface area contributed by atoms with Crippen LogP contribution in [0.5, 0.6) is 5.75 Å². The molecule has 0 amide bonds. The number of esters is 2. The Morgan fingerprint density at radius 2 is 1.48 bits per heavy atom. The van der Waals surface area contributed by atoms with Gasteiger partial charge in [-0.25, -0.2) is 9.59 Å². The van der Waals surface area contributed by atoms with Gasteiger partial charge in [-0.3, -0.25) is 4.98 Å². The first-order valence-corrected chi connectivity index (χ1v) is 7.86. The quantitative estimate of drug-likeness (QED) is 0.775. The average Bonchev–Trinajstić information content (AvgIpc) is 2.60. The van der Waals surface area contributed by atoms with Gasteiger partial charge < -0.3 is 14.2 Å². The Morgan fingerprint density at radius 3 is 1.96 bits per heavy atom. The fourth-order valence-corrected chi connectivity index (χ4v) is 2.78. The Kier molecular flexibility index (Phi) is 5.75. The molecule has 0 bridgehead atoms. The van der Waals surface area contributed by atoms with Crippen molar-refractivity contribution in [1.82, 2.24) is 4.98 Å². The molecule has 1 aromatic heterocycles. The average molecular weight is 343 g/mol. The van der Waals surface area contributed by atoms with Crippen LogP contribution >= 0.6 is 0 Å². The van der Waals surface area contributed by atoms with Gasteiger partial charge in [0.25, 0.3) is 0 Å². The van der Waals surface area contributed by atoms with Crippen LogP contribution in [0.1, 0.15) is 39.0 Å². The van der Waals surface area contributed by atoms with Gasteiger partial charge in [-0.2, -0.15) is 0 Å². The number of aromatic nitrogens is 1. The number of nitrogens with zero attached hydrogens (tertiary/aromatic N) is 1. The van der Waals surface area contributed by atoms with E-state index in [9.17, 15) is 9.59 Å². The molecule has 25 heavy (non-hydrogen) atoms. The molecule has 6 heteroatoms. The topological polar surface area (TPSA) is 74.7 Å². The van der Waals surface area contributed by atoms with Crippen LogP contribution in [-0.2, 0) is 9.47 Å². The van der Waals surface area contributed by atoms with E-state index in [0.29, 0.717) is 34.9 Å². The zero-order chi connectivity index (χ0) is 18.6. The summed E-state index contributed by atoms with van der Waals surface area (Å²) in [6, 6.07) is 7.21. The Labute approximate surface area is 146 Å². The fraction of sp³-hybridized carbons (Fsp3) is 0.316. The van der Waals surface area contributed by atoms with E-state index < -0.39 is 11.9 Å². The summed E-state index contributed by atoms with van der Waals surface area (Å²) < 4.78 is 15.5. The lowest BCUT2D eigenvalue weighted by molar-refractivity contribution is 0.0599. The van der Waals surface area contributed by atoms with Gasteiger partial charge in [-0.15, -0.1) is 0 Å². The van der Waals surface area contributed by atoms with E-state index in [0.717, 1.165) is 0 Å². The molecule has 0 saturated heterocycles. The highest BCUT2D eigenvalue weighted by molar-refractivity contribution is 6.07. The van der Waals surface area contributed by atoms with Crippen molar-refractivity contribution in [1.29, 1.82) is 0 Å². The van der Waals surface area contributed by atoms with Crippen molar-refractivity contribution in [3.8, 4) is 16.9 Å². The minimum absolute atomic E-state index is 0.223. The van der Waals surface area contributed by atoms with Crippen molar-refractivity contribution in [2.75, 3.05) is 20.8 Å². The van der Waals surface area contributed by atoms with Crippen molar-refractivity contribution < 1.29 is 23.8 Å². The van der Waals surface area contributed by atoms with Gasteiger partial charge in [0.1, 0.15) is 5.75 Å². The molecule has 0 saturated carbocycles. The van der Waals surface area contributed by atoms with Crippen LogP contribution in [0.3, 0.4) is 0 Å². The van der Waals surface area contributed by atoms with E-state index in [4.69, 9.17) is 14.2 Å². The normalized spacial score (nSPS) is 10.3. The first-order chi connectivity index (χ1) is 12.0. The number of methoxy groups -OCH3 is 2. The van der Waals surface area contributed by atoms with Crippen LogP contribution < -0.4 is 4.74 Å². The second kappa shape index (κ2) is 7.79. The van der Waals surface area contributed by atoms with Crippen LogP contribution in [-0.4, -0.2) is 37.7 Å². The Hall–Kier alpha value is -2.89. The molecule has 0 aliphatic heterocycles. The molecule has 0 spiro atoms. The number of carbonyl (C=O) groups excluding carboxylic acids is 2. The molecular formula is C19H21NO5. The van der Waals surface area contributed by atoms with E-state index in [2.05, 4.69) is 4.98 Å². The van der Waals surface area contributed by atoms with Gasteiger partial charge in [-0.05, 0) is 26.8 Å². The largest absolute Gasteiger partial charge is 0.493 e. The molecule has 2 aromatic rings. The number of pyridine rings is 1. The second-order valence-corrected chi connectivity index (χ2v) is 5.32. The van der Waals surface area contributed by atoms with Gasteiger partial charge in [0.05, 0.1) is 43.3 Å². The highest BCUT2D eigenvalue weighted by atomic mass is 16.5. The summed E-state index contributed by atoms with van der Waals surface area (Å²) in [5.74, 6) is -0.585. The first-order valence-electron chi connectivity index (χ1n) is 7.86. The summed E-state index contributed by atoms with van der Waals surface area (Å²) in [4.78, 5) is 29.2. The monoisotopic (exact) mass is 343 g/mol. The maximum Gasteiger partial charge on any atom is 0.340 e. The molecule has 1 heterocycles. The zero-order valence-corrected chi connectivity index (χ0v) is 15.0. The van der Waals surface area contributed by atoms with E-state index in [-0.39, 0.29) is 11.1 Å². The van der Waals surface area contributed by atoms with E-state index in [1.54, 1.807) is 26.0 Å². The van der Waals surface area contributed by atoms with Crippen LogP contribution in [0.25, 0.3) is 11.1 Å². The second-order valence-electron chi connectivity index (χ2n) is 5.32. The Balaban J connectivity index is 2.95. The van der Waals surface area contributed by atoms with Gasteiger partial charge in [0, 0.05) is 11.1 Å². The molecule has 6 nitrogen and oxygen atoms in total. The maximum atomic E-state index is 12.4. The third-order valence-electron chi connectivity index (χ3n) is 3.79. The lowest BCUT2D eigenvalue weighted by Crippen LogP contribution is -2.16. The van der Waals surface area contributed by atoms with Crippen molar-refractivity contribution in [2.45, 2.75) is 20.8 Å². The first kappa shape index (κ1) is 18.4. The number of rotatable bonds is 5. The summed E-state index contributed by atoms with van der Waals surface area (Å²) in [6.07, 6.45) is 0. The standard InChI is InChI=1S/C19H21NO5/c1-6-25-14-10-8-7-9-13(14)17-15(18(21)23-4)11(2)20-12(3)16(17)19(22)24-5/h7-10H,6H2,1-5H3. The van der Waals surface area contributed by atoms with Gasteiger partial charge >= 0.3 is 11.9 Å². The van der Waals surface area contributed by atoms with E-state index in [1.165, 1.54) is 14.2 Å². The van der Waals surface area contributed by atoms with Crippen molar-refractivity contribution in [3.63, 3.8) is 0 Å². The van der Waals surface area contributed by atoms with E-state index >= 15 is 0 Å². The molecule has 0 radical (unpaired) electrons. The molecule has 2 rings (SSSR count). The predicted octanol–water partition coefficient (Wildman–Crippen LogP) is 3.34. The van der Waals surface area contributed by atoms with E-state index in [1.807, 2.05) is 19.1 Å². The predicted molar refractivity (Wildman–Crippen MR) is 93.0 cm³/mol. The number of benzene rings is 1. The summed E-state index contributed by atoms with van der Waals surface area (Å²) in [5, 5.41) is 0. The van der Waals surface area contributed by atoms with Crippen LogP contribution in [0.15, 0.2) is 24.3 Å². The molecule has 0 atom stereocenters. The number of aryl methyl sites for hydroxylation is 2. The third-order valence-corrected chi connectivity index (χ3v) is 3.79. The fourth-order valence-electron chi connectivity index (χ4n) is 2.78. The smallest absolute Gasteiger partial charge is 0.340 e. The van der Waals surface area contributed by atoms with Gasteiger partial charge in [-0.1, -0.05) is 18.2 Å². The maximum absolute atomic E-state index is 12.4. The van der Waals surface area contributed by atoms with Crippen molar-refractivity contribution in [3.05, 3.63) is 46.8 Å². The highest BCUT2D eigenvalue weighted by Crippen LogP contribution is 2.37.